The van der Waals surface area contributed by atoms with Crippen molar-refractivity contribution < 1.29 is 29.0 Å². The number of aliphatic carboxylic acids is 1. The number of carboxylic acids is 1. The van der Waals surface area contributed by atoms with Crippen LogP contribution in [0.25, 0.3) is 0 Å². The largest absolute Gasteiger partial charge is 0.491 e. The number of amides is 2. The number of para-hydroxylation sites is 1. The first-order valence-electron chi connectivity index (χ1n) is 10.3. The molecular formula is C21H29N3O6. The van der Waals surface area contributed by atoms with E-state index in [0.29, 0.717) is 26.1 Å². The molecule has 1 aromatic rings. The maximum Gasteiger partial charge on any atom is 0.321 e. The quantitative estimate of drug-likeness (QED) is 0.642. The van der Waals surface area contributed by atoms with E-state index in [1.165, 1.54) is 4.90 Å². The third kappa shape index (κ3) is 5.28. The van der Waals surface area contributed by atoms with Crippen molar-refractivity contribution in [3.05, 3.63) is 29.8 Å². The molecule has 2 heterocycles. The summed E-state index contributed by atoms with van der Waals surface area (Å²) in [6.07, 6.45) is 2.56. The molecule has 1 fully saturated rings. The first-order chi connectivity index (χ1) is 14.4. The van der Waals surface area contributed by atoms with Gasteiger partial charge in [0.2, 0.25) is 5.91 Å². The van der Waals surface area contributed by atoms with Gasteiger partial charge in [0, 0.05) is 6.54 Å². The zero-order valence-corrected chi connectivity index (χ0v) is 17.0. The van der Waals surface area contributed by atoms with E-state index in [9.17, 15) is 14.4 Å². The van der Waals surface area contributed by atoms with Crippen LogP contribution in [-0.2, 0) is 25.5 Å². The molecule has 1 saturated heterocycles. The number of fused-ring (bicyclic) bond motifs is 1. The topological polar surface area (TPSA) is 131 Å². The van der Waals surface area contributed by atoms with Crippen molar-refractivity contribution in [1.29, 1.82) is 0 Å². The molecule has 0 aromatic heterocycles. The molecule has 1 aromatic carbocycles. The summed E-state index contributed by atoms with van der Waals surface area (Å²) in [4.78, 5) is 38.0. The summed E-state index contributed by atoms with van der Waals surface area (Å²) >= 11 is 0. The minimum Gasteiger partial charge on any atom is -0.491 e. The van der Waals surface area contributed by atoms with Gasteiger partial charge in [-0.1, -0.05) is 18.2 Å². The van der Waals surface area contributed by atoms with Gasteiger partial charge in [-0.3, -0.25) is 14.4 Å². The molecule has 164 valence electrons. The Bertz CT molecular complexity index is 786. The molecule has 0 saturated carbocycles. The van der Waals surface area contributed by atoms with Gasteiger partial charge in [0.05, 0.1) is 26.1 Å². The lowest BCUT2D eigenvalue weighted by Gasteiger charge is -2.42. The van der Waals surface area contributed by atoms with Crippen LogP contribution in [0.4, 0.5) is 0 Å². The number of carboxylic acid groups (broad SMARTS) is 1. The SMILES string of the molecule is N[C@@H](CC(=O)N1CCOC2(CCCCc3ccccc3OCCNC2=O)C1)C(=O)O. The highest BCUT2D eigenvalue weighted by Gasteiger charge is 2.44. The first-order valence-corrected chi connectivity index (χ1v) is 10.3. The normalized spacial score (nSPS) is 23.9. The predicted octanol–water partition coefficient (Wildman–Crippen LogP) is 0.308. The number of aryl methyl sites for hydroxylation is 1. The van der Waals surface area contributed by atoms with Crippen molar-refractivity contribution in [3.63, 3.8) is 0 Å². The lowest BCUT2D eigenvalue weighted by atomic mass is 9.91. The Labute approximate surface area is 175 Å². The molecule has 1 unspecified atom stereocenters. The van der Waals surface area contributed by atoms with Gasteiger partial charge in [-0.15, -0.1) is 0 Å². The van der Waals surface area contributed by atoms with Crippen LogP contribution in [0.3, 0.4) is 0 Å². The highest BCUT2D eigenvalue weighted by Crippen LogP contribution is 2.28. The fraction of sp³-hybridized carbons (Fsp3) is 0.571. The summed E-state index contributed by atoms with van der Waals surface area (Å²) in [5, 5.41) is 11.8. The Morgan fingerprint density at radius 3 is 2.87 bits per heavy atom. The average Bonchev–Trinajstić information content (AvgIpc) is 2.74. The molecule has 2 amide bonds. The number of nitrogens with zero attached hydrogens (tertiary/aromatic N) is 1. The molecule has 30 heavy (non-hydrogen) atoms. The fourth-order valence-corrected chi connectivity index (χ4v) is 3.87. The van der Waals surface area contributed by atoms with Crippen molar-refractivity contribution >= 4 is 17.8 Å². The van der Waals surface area contributed by atoms with Gasteiger partial charge in [-0.05, 0) is 37.3 Å². The third-order valence-corrected chi connectivity index (χ3v) is 5.56. The Balaban J connectivity index is 1.70. The fourth-order valence-electron chi connectivity index (χ4n) is 3.87. The summed E-state index contributed by atoms with van der Waals surface area (Å²) in [7, 11) is 0. The number of hydrogen-bond acceptors (Lipinski definition) is 6. The van der Waals surface area contributed by atoms with E-state index in [1.807, 2.05) is 24.3 Å². The van der Waals surface area contributed by atoms with E-state index in [1.54, 1.807) is 0 Å². The summed E-state index contributed by atoms with van der Waals surface area (Å²) in [6.45, 7) is 1.24. The van der Waals surface area contributed by atoms with Crippen molar-refractivity contribution in [1.82, 2.24) is 10.2 Å². The number of nitrogens with one attached hydrogen (secondary N) is 1. The van der Waals surface area contributed by atoms with E-state index in [2.05, 4.69) is 5.32 Å². The van der Waals surface area contributed by atoms with E-state index in [-0.39, 0.29) is 31.4 Å². The van der Waals surface area contributed by atoms with Crippen LogP contribution in [0, 0.1) is 0 Å². The summed E-state index contributed by atoms with van der Waals surface area (Å²) in [6, 6.07) is 6.61. The highest BCUT2D eigenvalue weighted by molar-refractivity contribution is 5.88. The zero-order valence-electron chi connectivity index (χ0n) is 17.0. The van der Waals surface area contributed by atoms with Crippen molar-refractivity contribution in [2.24, 2.45) is 5.73 Å². The minimum atomic E-state index is -1.27. The molecule has 0 radical (unpaired) electrons. The predicted molar refractivity (Wildman–Crippen MR) is 108 cm³/mol. The van der Waals surface area contributed by atoms with Gasteiger partial charge in [-0.25, -0.2) is 0 Å². The standard InChI is InChI=1S/C21H29N3O6/c22-16(19(26)27)13-18(25)24-10-12-30-21(14-24)8-4-3-6-15-5-1-2-7-17(15)29-11-9-23-20(21)28/h1-2,5,7,16H,3-4,6,8-14,22H2,(H,23,28)(H,26,27)/t16-,21?/m0/s1. The van der Waals surface area contributed by atoms with Crippen molar-refractivity contribution in [3.8, 4) is 5.75 Å². The summed E-state index contributed by atoms with van der Waals surface area (Å²) in [5.74, 6) is -1.05. The number of carbonyl (C=O) groups is 3. The molecule has 2 aliphatic rings. The van der Waals surface area contributed by atoms with Gasteiger partial charge in [0.1, 0.15) is 18.4 Å². The second-order valence-electron chi connectivity index (χ2n) is 7.73. The Hall–Kier alpha value is -2.65. The van der Waals surface area contributed by atoms with Crippen LogP contribution in [0.5, 0.6) is 5.75 Å². The second kappa shape index (κ2) is 9.90. The van der Waals surface area contributed by atoms with Crippen molar-refractivity contribution in [2.45, 2.75) is 43.7 Å². The molecule has 1 spiro atoms. The average molecular weight is 419 g/mol. The number of benzene rings is 1. The van der Waals surface area contributed by atoms with E-state index >= 15 is 0 Å². The second-order valence-corrected chi connectivity index (χ2v) is 7.73. The van der Waals surface area contributed by atoms with Gasteiger partial charge >= 0.3 is 5.97 Å². The number of morpholine rings is 1. The van der Waals surface area contributed by atoms with Gasteiger partial charge < -0.3 is 30.5 Å². The molecule has 2 aliphatic heterocycles. The van der Waals surface area contributed by atoms with Crippen LogP contribution in [0.2, 0.25) is 0 Å². The Kier molecular flexibility index (Phi) is 7.28. The van der Waals surface area contributed by atoms with Gasteiger partial charge in [0.25, 0.3) is 5.91 Å². The van der Waals surface area contributed by atoms with Crippen LogP contribution in [-0.4, -0.2) is 72.3 Å². The molecule has 0 bridgehead atoms. The van der Waals surface area contributed by atoms with Crippen molar-refractivity contribution in [2.75, 3.05) is 32.8 Å². The molecule has 9 nitrogen and oxygen atoms in total. The Morgan fingerprint density at radius 2 is 2.07 bits per heavy atom. The van der Waals surface area contributed by atoms with Crippen LogP contribution in [0.1, 0.15) is 31.2 Å². The zero-order chi connectivity index (χ0) is 21.6. The minimum absolute atomic E-state index is 0.0848. The molecule has 2 atom stereocenters. The molecule has 9 heteroatoms. The number of nitrogens with two attached hydrogens (primary N) is 1. The lowest BCUT2D eigenvalue weighted by molar-refractivity contribution is -0.168. The molecule has 4 N–H and O–H groups in total. The Morgan fingerprint density at radius 1 is 1.27 bits per heavy atom. The summed E-state index contributed by atoms with van der Waals surface area (Å²) < 4.78 is 11.8. The molecular weight excluding hydrogens is 390 g/mol. The van der Waals surface area contributed by atoms with Crippen LogP contribution in [0.15, 0.2) is 24.3 Å². The first kappa shape index (κ1) is 22.0. The number of rotatable bonds is 3. The van der Waals surface area contributed by atoms with Gasteiger partial charge in [-0.2, -0.15) is 0 Å². The van der Waals surface area contributed by atoms with E-state index < -0.39 is 17.6 Å². The number of carbonyl (C=O) groups excluding carboxylic acids is 2. The smallest absolute Gasteiger partial charge is 0.321 e. The number of ether oxygens (including phenoxy) is 2. The van der Waals surface area contributed by atoms with E-state index in [0.717, 1.165) is 30.6 Å². The number of hydrogen-bond donors (Lipinski definition) is 3. The van der Waals surface area contributed by atoms with Crippen LogP contribution >= 0.6 is 0 Å². The third-order valence-electron chi connectivity index (χ3n) is 5.56. The maximum atomic E-state index is 13.0. The summed E-state index contributed by atoms with van der Waals surface area (Å²) in [5.41, 5.74) is 5.48. The maximum absolute atomic E-state index is 13.0. The molecule has 0 aliphatic carbocycles. The monoisotopic (exact) mass is 419 g/mol. The molecule has 3 rings (SSSR count). The van der Waals surface area contributed by atoms with E-state index in [4.69, 9.17) is 20.3 Å². The highest BCUT2D eigenvalue weighted by atomic mass is 16.5. The van der Waals surface area contributed by atoms with Crippen LogP contribution < -0.4 is 15.8 Å². The lowest BCUT2D eigenvalue weighted by Crippen LogP contribution is -2.61. The van der Waals surface area contributed by atoms with Gasteiger partial charge in [0.15, 0.2) is 5.60 Å².